The number of alkyl halides is 2. The lowest BCUT2D eigenvalue weighted by Gasteiger charge is -2.36. The van der Waals surface area contributed by atoms with Crippen molar-refractivity contribution in [2.24, 2.45) is 5.89 Å². The molecule has 0 aromatic heterocycles. The molecule has 25 heavy (non-hydrogen) atoms. The van der Waals surface area contributed by atoms with E-state index in [-0.39, 0.29) is 13.2 Å². The SMILES string of the molecule is [2H]C(C)(C)C(C)(C)O[B]c1cccc(COC2CCN(C)CC2(F)F)c1. The van der Waals surface area contributed by atoms with Crippen LogP contribution in [0.3, 0.4) is 0 Å². The molecular formula is C19H29BF2NO2. The number of hydrogen-bond acceptors (Lipinski definition) is 3. The standard InChI is InChI=1S/C19H29BF2NO2/c1-14(2)18(3,4)25-20-16-8-6-7-15(11-16)12-24-17-9-10-23(5)13-19(17,21)22/h6-8,11,14,17H,9-10,12-13H2,1-5H3/i14D. The summed E-state index contributed by atoms with van der Waals surface area (Å²) in [6.07, 6.45) is -0.726. The molecule has 1 aromatic carbocycles. The molecule has 0 aliphatic carbocycles. The fourth-order valence-electron chi connectivity index (χ4n) is 2.58. The van der Waals surface area contributed by atoms with Crippen molar-refractivity contribution in [3.63, 3.8) is 0 Å². The van der Waals surface area contributed by atoms with Crippen molar-refractivity contribution in [1.29, 1.82) is 0 Å². The van der Waals surface area contributed by atoms with E-state index < -0.39 is 23.5 Å². The van der Waals surface area contributed by atoms with Crippen LogP contribution >= 0.6 is 0 Å². The van der Waals surface area contributed by atoms with Crippen LogP contribution in [0.5, 0.6) is 0 Å². The van der Waals surface area contributed by atoms with E-state index >= 15 is 0 Å². The third kappa shape index (κ3) is 5.76. The summed E-state index contributed by atoms with van der Waals surface area (Å²) in [5.41, 5.74) is 0.981. The summed E-state index contributed by atoms with van der Waals surface area (Å²) in [6.45, 7) is 7.81. The zero-order valence-electron chi connectivity index (χ0n) is 16.8. The predicted octanol–water partition coefficient (Wildman–Crippen LogP) is 3.24. The Kier molecular flexibility index (Phi) is 6.13. The molecule has 1 saturated heterocycles. The quantitative estimate of drug-likeness (QED) is 0.703. The number of piperidine rings is 1. The van der Waals surface area contributed by atoms with Crippen molar-refractivity contribution < 1.29 is 19.5 Å². The molecule has 0 spiro atoms. The first-order valence-corrected chi connectivity index (χ1v) is 8.69. The van der Waals surface area contributed by atoms with Gasteiger partial charge < -0.3 is 14.3 Å². The maximum atomic E-state index is 14.1. The molecule has 139 valence electrons. The highest BCUT2D eigenvalue weighted by atomic mass is 19.3. The highest BCUT2D eigenvalue weighted by molar-refractivity contribution is 6.47. The van der Waals surface area contributed by atoms with Gasteiger partial charge in [0.1, 0.15) is 6.10 Å². The van der Waals surface area contributed by atoms with E-state index in [0.717, 1.165) is 11.0 Å². The molecule has 1 fully saturated rings. The van der Waals surface area contributed by atoms with E-state index in [1.807, 2.05) is 38.1 Å². The average molecular weight is 353 g/mol. The number of hydrogen-bond donors (Lipinski definition) is 0. The van der Waals surface area contributed by atoms with Crippen molar-refractivity contribution in [1.82, 2.24) is 4.90 Å². The van der Waals surface area contributed by atoms with Crippen molar-refractivity contribution in [3.8, 4) is 0 Å². The van der Waals surface area contributed by atoms with Gasteiger partial charge in [-0.3, -0.25) is 0 Å². The largest absolute Gasteiger partial charge is 0.429 e. The molecule has 2 rings (SSSR count). The normalized spacial score (nSPS) is 22.5. The van der Waals surface area contributed by atoms with Gasteiger partial charge in [-0.05, 0) is 38.8 Å². The number of rotatable bonds is 7. The van der Waals surface area contributed by atoms with Crippen LogP contribution < -0.4 is 5.46 Å². The number of halogens is 2. The van der Waals surface area contributed by atoms with E-state index in [0.29, 0.717) is 13.0 Å². The lowest BCUT2D eigenvalue weighted by molar-refractivity contribution is -0.174. The van der Waals surface area contributed by atoms with E-state index in [2.05, 4.69) is 0 Å². The first-order chi connectivity index (χ1) is 11.9. The third-order valence-corrected chi connectivity index (χ3v) is 4.82. The number of benzene rings is 1. The summed E-state index contributed by atoms with van der Waals surface area (Å²) in [7, 11) is 3.31. The van der Waals surface area contributed by atoms with Crippen LogP contribution in [0.25, 0.3) is 0 Å². The molecule has 1 aliphatic rings. The monoisotopic (exact) mass is 353 g/mol. The summed E-state index contributed by atoms with van der Waals surface area (Å²) in [4.78, 5) is 1.63. The Hall–Kier alpha value is -0.975. The maximum absolute atomic E-state index is 14.1. The van der Waals surface area contributed by atoms with Gasteiger partial charge in [-0.25, -0.2) is 8.78 Å². The molecule has 1 unspecified atom stereocenters. The van der Waals surface area contributed by atoms with Crippen LogP contribution in [0.15, 0.2) is 24.3 Å². The van der Waals surface area contributed by atoms with Gasteiger partial charge in [0.15, 0.2) is 0 Å². The topological polar surface area (TPSA) is 21.7 Å². The van der Waals surface area contributed by atoms with Gasteiger partial charge in [-0.1, -0.05) is 43.6 Å². The Morgan fingerprint density at radius 1 is 1.44 bits per heavy atom. The van der Waals surface area contributed by atoms with Gasteiger partial charge in [-0.15, -0.1) is 0 Å². The van der Waals surface area contributed by atoms with Crippen molar-refractivity contribution in [2.45, 2.75) is 58.4 Å². The minimum absolute atomic E-state index is 0.138. The second-order valence-corrected chi connectivity index (χ2v) is 7.58. The van der Waals surface area contributed by atoms with Crippen LogP contribution in [0.4, 0.5) is 8.78 Å². The summed E-state index contributed by atoms with van der Waals surface area (Å²) in [6, 6.07) is 7.43. The van der Waals surface area contributed by atoms with Gasteiger partial charge >= 0.3 is 7.48 Å². The molecule has 0 saturated carbocycles. The van der Waals surface area contributed by atoms with Crippen molar-refractivity contribution in [2.75, 3.05) is 20.1 Å². The zero-order chi connectivity index (χ0) is 19.6. The van der Waals surface area contributed by atoms with E-state index in [9.17, 15) is 8.78 Å². The number of ether oxygens (including phenoxy) is 1. The van der Waals surface area contributed by atoms with Gasteiger partial charge in [0.2, 0.25) is 0 Å². The lowest BCUT2D eigenvalue weighted by Crippen LogP contribution is -2.51. The summed E-state index contributed by atoms with van der Waals surface area (Å²) in [5, 5.41) is 0. The number of nitrogens with zero attached hydrogens (tertiary/aromatic N) is 1. The molecule has 0 bridgehead atoms. The van der Waals surface area contributed by atoms with Crippen LogP contribution in [0, 0.1) is 5.89 Å². The molecule has 0 amide bonds. The highest BCUT2D eigenvalue weighted by Gasteiger charge is 2.44. The minimum atomic E-state index is -2.83. The van der Waals surface area contributed by atoms with Crippen LogP contribution in [0.1, 0.15) is 41.0 Å². The molecule has 0 N–H and O–H groups in total. The van der Waals surface area contributed by atoms with Crippen LogP contribution in [0.2, 0.25) is 0 Å². The molecule has 1 aromatic rings. The number of likely N-dealkylation sites (tertiary alicyclic amines) is 1. The summed E-state index contributed by atoms with van der Waals surface area (Å²) < 4.78 is 47.6. The van der Waals surface area contributed by atoms with E-state index in [1.54, 1.807) is 33.3 Å². The molecule has 3 nitrogen and oxygen atoms in total. The smallest absolute Gasteiger partial charge is 0.330 e. The first-order valence-electron chi connectivity index (χ1n) is 9.19. The highest BCUT2D eigenvalue weighted by Crippen LogP contribution is 2.29. The van der Waals surface area contributed by atoms with Crippen LogP contribution in [-0.2, 0) is 16.0 Å². The Labute approximate surface area is 152 Å². The third-order valence-electron chi connectivity index (χ3n) is 4.82. The summed E-state index contributed by atoms with van der Waals surface area (Å²) >= 11 is 0. The zero-order valence-corrected chi connectivity index (χ0v) is 15.8. The molecule has 1 atom stereocenters. The first kappa shape index (κ1) is 18.8. The van der Waals surface area contributed by atoms with Crippen LogP contribution in [-0.4, -0.2) is 50.1 Å². The maximum Gasteiger partial charge on any atom is 0.330 e. The second kappa shape index (κ2) is 8.15. The molecular weight excluding hydrogens is 323 g/mol. The Morgan fingerprint density at radius 2 is 2.16 bits per heavy atom. The second-order valence-electron chi connectivity index (χ2n) is 7.58. The van der Waals surface area contributed by atoms with E-state index in [1.165, 1.54) is 0 Å². The fraction of sp³-hybridized carbons (Fsp3) is 0.684. The van der Waals surface area contributed by atoms with Gasteiger partial charge in [0.25, 0.3) is 5.92 Å². The van der Waals surface area contributed by atoms with Gasteiger partial charge in [-0.2, -0.15) is 0 Å². The van der Waals surface area contributed by atoms with E-state index in [4.69, 9.17) is 10.8 Å². The predicted molar refractivity (Wildman–Crippen MR) is 97.5 cm³/mol. The van der Waals surface area contributed by atoms with Crippen molar-refractivity contribution >= 4 is 12.9 Å². The van der Waals surface area contributed by atoms with Gasteiger partial charge in [0, 0.05) is 13.5 Å². The Bertz CT molecular complexity index is 607. The minimum Gasteiger partial charge on any atom is -0.429 e. The van der Waals surface area contributed by atoms with Crippen molar-refractivity contribution in [3.05, 3.63) is 29.8 Å². The van der Waals surface area contributed by atoms with Gasteiger partial charge in [0.05, 0.1) is 13.2 Å². The Balaban J connectivity index is 1.93. The Morgan fingerprint density at radius 3 is 2.80 bits per heavy atom. The molecule has 1 heterocycles. The molecule has 1 aliphatic heterocycles. The molecule has 1 radical (unpaired) electrons. The average Bonchev–Trinajstić information content (AvgIpc) is 2.51. The lowest BCUT2D eigenvalue weighted by atomic mass is 9.83. The molecule has 6 heteroatoms. The fourth-order valence-corrected chi connectivity index (χ4v) is 2.58. The summed E-state index contributed by atoms with van der Waals surface area (Å²) in [5.74, 6) is -3.59.